The van der Waals surface area contributed by atoms with Crippen molar-refractivity contribution in [1.82, 2.24) is 19.6 Å². The Hall–Kier alpha value is -5.19. The van der Waals surface area contributed by atoms with Crippen molar-refractivity contribution in [3.8, 4) is 22.8 Å². The number of aromatic nitrogens is 4. The molecule has 3 heterocycles. The number of nitrogens with one attached hydrogen (secondary N) is 2. The zero-order valence-electron chi connectivity index (χ0n) is 20.3. The maximum absolute atomic E-state index is 14.9. The SMILES string of the molecule is O=C(Nc1ccc(Oc2ccnc(NC(=O)C3CC3)c2)c(F)c1)c1cc(-c2ccccc2F)n2nccc2n1. The zero-order valence-corrected chi connectivity index (χ0v) is 20.3. The number of hydrogen-bond donors (Lipinski definition) is 2. The van der Waals surface area contributed by atoms with Gasteiger partial charge < -0.3 is 15.4 Å². The first-order valence-corrected chi connectivity index (χ1v) is 12.1. The first-order valence-electron chi connectivity index (χ1n) is 12.1. The fraction of sp³-hybridized carbons (Fsp3) is 0.107. The van der Waals surface area contributed by atoms with E-state index in [9.17, 15) is 18.4 Å². The number of anilines is 2. The number of halogens is 2. The summed E-state index contributed by atoms with van der Waals surface area (Å²) in [6.07, 6.45) is 4.66. The van der Waals surface area contributed by atoms with Crippen LogP contribution in [-0.4, -0.2) is 31.4 Å². The van der Waals surface area contributed by atoms with E-state index in [2.05, 4.69) is 25.7 Å². The van der Waals surface area contributed by atoms with Gasteiger partial charge in [-0.05, 0) is 49.2 Å². The monoisotopic (exact) mass is 526 g/mol. The van der Waals surface area contributed by atoms with Crippen molar-refractivity contribution in [3.63, 3.8) is 0 Å². The maximum atomic E-state index is 14.9. The van der Waals surface area contributed by atoms with Crippen LogP contribution in [0.25, 0.3) is 16.9 Å². The van der Waals surface area contributed by atoms with Gasteiger partial charge in [-0.25, -0.2) is 23.3 Å². The van der Waals surface area contributed by atoms with E-state index in [1.165, 1.54) is 53.3 Å². The van der Waals surface area contributed by atoms with Crippen LogP contribution in [0.5, 0.6) is 11.5 Å². The van der Waals surface area contributed by atoms with Crippen molar-refractivity contribution in [3.05, 3.63) is 96.5 Å². The highest BCUT2D eigenvalue weighted by Crippen LogP contribution is 2.31. The lowest BCUT2D eigenvalue weighted by Gasteiger charge is -2.11. The number of hydrogen-bond acceptors (Lipinski definition) is 6. The highest BCUT2D eigenvalue weighted by atomic mass is 19.1. The van der Waals surface area contributed by atoms with Gasteiger partial charge in [0.05, 0.1) is 11.9 Å². The Morgan fingerprint density at radius 3 is 2.56 bits per heavy atom. The molecule has 2 amide bonds. The van der Waals surface area contributed by atoms with Gasteiger partial charge >= 0.3 is 0 Å². The minimum Gasteiger partial charge on any atom is -0.454 e. The summed E-state index contributed by atoms with van der Waals surface area (Å²) in [6, 6.07) is 16.1. The van der Waals surface area contributed by atoms with Gasteiger partial charge in [-0.2, -0.15) is 5.10 Å². The molecule has 39 heavy (non-hydrogen) atoms. The summed E-state index contributed by atoms with van der Waals surface area (Å²) in [5.74, 6) is -1.39. The second-order valence-corrected chi connectivity index (χ2v) is 8.95. The van der Waals surface area contributed by atoms with Crippen molar-refractivity contribution in [2.75, 3.05) is 10.6 Å². The molecule has 5 aromatic rings. The van der Waals surface area contributed by atoms with Crippen LogP contribution in [-0.2, 0) is 4.79 Å². The molecule has 0 unspecified atom stereocenters. The third-order valence-electron chi connectivity index (χ3n) is 6.09. The standard InChI is InChI=1S/C28H20F2N6O3/c29-20-4-2-1-3-19(20)23-15-22(34-26-10-12-32-36(23)26)28(38)33-17-7-8-24(21(30)13-17)39-18-9-11-31-25(14-18)35-27(37)16-5-6-16/h1-4,7-16H,5-6H2,(H,33,38)(H,31,35,37). The summed E-state index contributed by atoms with van der Waals surface area (Å²) in [4.78, 5) is 33.4. The van der Waals surface area contributed by atoms with E-state index >= 15 is 0 Å². The second-order valence-electron chi connectivity index (χ2n) is 8.95. The summed E-state index contributed by atoms with van der Waals surface area (Å²) < 4.78 is 36.4. The number of amides is 2. The first kappa shape index (κ1) is 24.2. The average Bonchev–Trinajstić information content (AvgIpc) is 3.67. The molecule has 0 spiro atoms. The van der Waals surface area contributed by atoms with Crippen LogP contribution in [0.4, 0.5) is 20.3 Å². The van der Waals surface area contributed by atoms with Gasteiger partial charge in [-0.15, -0.1) is 0 Å². The quantitative estimate of drug-likeness (QED) is 0.291. The Bertz CT molecular complexity index is 1730. The lowest BCUT2D eigenvalue weighted by atomic mass is 10.1. The molecule has 194 valence electrons. The van der Waals surface area contributed by atoms with Gasteiger partial charge in [0, 0.05) is 41.6 Å². The summed E-state index contributed by atoms with van der Waals surface area (Å²) in [7, 11) is 0. The molecule has 6 rings (SSSR count). The van der Waals surface area contributed by atoms with Gasteiger partial charge in [0.15, 0.2) is 17.2 Å². The molecule has 2 aromatic carbocycles. The molecule has 0 aliphatic heterocycles. The number of pyridine rings is 1. The van der Waals surface area contributed by atoms with E-state index in [0.717, 1.165) is 18.9 Å². The van der Waals surface area contributed by atoms with Crippen LogP contribution in [0.15, 0.2) is 79.1 Å². The van der Waals surface area contributed by atoms with Gasteiger partial charge in [-0.1, -0.05) is 12.1 Å². The number of carbonyl (C=O) groups is 2. The summed E-state index contributed by atoms with van der Waals surface area (Å²) in [5, 5.41) is 9.50. The predicted octanol–water partition coefficient (Wildman–Crippen LogP) is 5.46. The van der Waals surface area contributed by atoms with E-state index < -0.39 is 17.5 Å². The first-order chi connectivity index (χ1) is 18.9. The molecule has 11 heteroatoms. The van der Waals surface area contributed by atoms with Crippen LogP contribution in [0, 0.1) is 17.6 Å². The van der Waals surface area contributed by atoms with E-state index in [-0.39, 0.29) is 40.3 Å². The van der Waals surface area contributed by atoms with Gasteiger partial charge in [0.25, 0.3) is 5.91 Å². The Balaban J connectivity index is 1.20. The van der Waals surface area contributed by atoms with Crippen molar-refractivity contribution in [2.24, 2.45) is 5.92 Å². The summed E-state index contributed by atoms with van der Waals surface area (Å²) >= 11 is 0. The predicted molar refractivity (Wildman–Crippen MR) is 138 cm³/mol. The van der Waals surface area contributed by atoms with E-state index in [1.807, 2.05) is 0 Å². The van der Waals surface area contributed by atoms with Crippen LogP contribution >= 0.6 is 0 Å². The lowest BCUT2D eigenvalue weighted by molar-refractivity contribution is -0.117. The van der Waals surface area contributed by atoms with E-state index in [1.54, 1.807) is 24.3 Å². The van der Waals surface area contributed by atoms with Crippen molar-refractivity contribution < 1.29 is 23.1 Å². The average molecular weight is 527 g/mol. The van der Waals surface area contributed by atoms with Gasteiger partial charge in [0.1, 0.15) is 23.1 Å². The van der Waals surface area contributed by atoms with E-state index in [0.29, 0.717) is 17.2 Å². The molecule has 1 aliphatic carbocycles. The Kier molecular flexibility index (Phi) is 6.16. The molecule has 0 radical (unpaired) electrons. The van der Waals surface area contributed by atoms with E-state index in [4.69, 9.17) is 4.74 Å². The molecule has 9 nitrogen and oxygen atoms in total. The molecule has 1 fully saturated rings. The maximum Gasteiger partial charge on any atom is 0.274 e. The molecule has 0 bridgehead atoms. The molecule has 1 aliphatic rings. The molecule has 0 saturated heterocycles. The van der Waals surface area contributed by atoms with Crippen LogP contribution in [0.3, 0.4) is 0 Å². The number of carbonyl (C=O) groups excluding carboxylic acids is 2. The van der Waals surface area contributed by atoms with Gasteiger partial charge in [-0.3, -0.25) is 9.59 Å². The Labute approximate surface area is 220 Å². The number of rotatable bonds is 7. The van der Waals surface area contributed by atoms with Crippen molar-refractivity contribution >= 4 is 29.0 Å². The second kappa shape index (κ2) is 9.93. The number of ether oxygens (including phenoxy) is 1. The molecular weight excluding hydrogens is 506 g/mol. The smallest absolute Gasteiger partial charge is 0.274 e. The fourth-order valence-electron chi connectivity index (χ4n) is 3.99. The number of benzene rings is 2. The van der Waals surface area contributed by atoms with Crippen LogP contribution in [0.2, 0.25) is 0 Å². The third-order valence-corrected chi connectivity index (χ3v) is 6.09. The van der Waals surface area contributed by atoms with Crippen LogP contribution in [0.1, 0.15) is 23.3 Å². The number of nitrogens with zero attached hydrogens (tertiary/aromatic N) is 4. The minimum atomic E-state index is -0.723. The molecule has 0 atom stereocenters. The molecule has 1 saturated carbocycles. The van der Waals surface area contributed by atoms with Crippen molar-refractivity contribution in [1.29, 1.82) is 0 Å². The Morgan fingerprint density at radius 1 is 0.923 bits per heavy atom. The zero-order chi connectivity index (χ0) is 26.9. The highest BCUT2D eigenvalue weighted by Gasteiger charge is 2.29. The fourth-order valence-corrected chi connectivity index (χ4v) is 3.99. The topological polar surface area (TPSA) is 111 Å². The number of fused-ring (bicyclic) bond motifs is 1. The summed E-state index contributed by atoms with van der Waals surface area (Å²) in [6.45, 7) is 0. The molecule has 3 aromatic heterocycles. The highest BCUT2D eigenvalue weighted by molar-refractivity contribution is 6.03. The van der Waals surface area contributed by atoms with Crippen molar-refractivity contribution in [2.45, 2.75) is 12.8 Å². The third kappa shape index (κ3) is 5.14. The minimum absolute atomic E-state index is 0.000419. The molecular formula is C28H20F2N6O3. The van der Waals surface area contributed by atoms with Gasteiger partial charge in [0.2, 0.25) is 5.91 Å². The Morgan fingerprint density at radius 2 is 1.77 bits per heavy atom. The normalized spacial score (nSPS) is 12.8. The molecule has 2 N–H and O–H groups in total. The lowest BCUT2D eigenvalue weighted by Crippen LogP contribution is -2.15. The summed E-state index contributed by atoms with van der Waals surface area (Å²) in [5.41, 5.74) is 1.11. The largest absolute Gasteiger partial charge is 0.454 e. The van der Waals surface area contributed by atoms with Crippen LogP contribution < -0.4 is 15.4 Å².